The zero-order valence-corrected chi connectivity index (χ0v) is 14.7. The fourth-order valence-electron chi connectivity index (χ4n) is 3.79. The molecule has 25 heavy (non-hydrogen) atoms. The smallest absolute Gasteiger partial charge is 0.317 e. The number of hydrogen-bond acceptors (Lipinski definition) is 4. The van der Waals surface area contributed by atoms with Crippen molar-refractivity contribution in [1.82, 2.24) is 15.1 Å². The Hall–Kier alpha value is -1.79. The molecule has 3 aliphatic rings. The van der Waals surface area contributed by atoms with E-state index in [0.717, 1.165) is 77.7 Å². The number of hydrogen-bond donors (Lipinski definition) is 1. The van der Waals surface area contributed by atoms with Crippen LogP contribution in [0.4, 0.5) is 4.79 Å². The van der Waals surface area contributed by atoms with Gasteiger partial charge in [0.1, 0.15) is 5.75 Å². The molecule has 3 heterocycles. The molecular formula is C19H27N3O3. The molecule has 1 atom stereocenters. The van der Waals surface area contributed by atoms with Crippen molar-refractivity contribution >= 4 is 6.03 Å². The zero-order chi connectivity index (χ0) is 17.1. The molecule has 0 aliphatic carbocycles. The Morgan fingerprint density at radius 2 is 2.08 bits per heavy atom. The van der Waals surface area contributed by atoms with E-state index in [4.69, 9.17) is 9.47 Å². The zero-order valence-electron chi connectivity index (χ0n) is 14.7. The van der Waals surface area contributed by atoms with Crippen LogP contribution < -0.4 is 10.1 Å². The normalized spacial score (nSPS) is 23.4. The highest BCUT2D eigenvalue weighted by Gasteiger charge is 2.23. The van der Waals surface area contributed by atoms with Gasteiger partial charge in [0.25, 0.3) is 0 Å². The van der Waals surface area contributed by atoms with Crippen molar-refractivity contribution in [2.24, 2.45) is 5.92 Å². The summed E-state index contributed by atoms with van der Waals surface area (Å²) in [6, 6.07) is 6.59. The molecule has 4 rings (SSSR count). The molecule has 2 amide bonds. The lowest BCUT2D eigenvalue weighted by Gasteiger charge is -2.35. The van der Waals surface area contributed by atoms with Gasteiger partial charge in [-0.1, -0.05) is 12.1 Å². The third-order valence-corrected chi connectivity index (χ3v) is 5.39. The highest BCUT2D eigenvalue weighted by molar-refractivity contribution is 5.74. The van der Waals surface area contributed by atoms with E-state index in [0.29, 0.717) is 5.92 Å². The average molecular weight is 345 g/mol. The number of urea groups is 1. The van der Waals surface area contributed by atoms with Crippen molar-refractivity contribution in [1.29, 1.82) is 0 Å². The van der Waals surface area contributed by atoms with Gasteiger partial charge in [0.05, 0.1) is 13.2 Å². The van der Waals surface area contributed by atoms with Crippen LogP contribution in [-0.2, 0) is 17.7 Å². The van der Waals surface area contributed by atoms with Gasteiger partial charge in [-0.05, 0) is 23.6 Å². The molecule has 0 radical (unpaired) electrons. The number of fused-ring (bicyclic) bond motifs is 1. The van der Waals surface area contributed by atoms with E-state index in [1.54, 1.807) is 0 Å². The van der Waals surface area contributed by atoms with Crippen LogP contribution in [0.25, 0.3) is 0 Å². The van der Waals surface area contributed by atoms with E-state index in [2.05, 4.69) is 28.4 Å². The Labute approximate surface area is 149 Å². The fraction of sp³-hybridized carbons (Fsp3) is 0.632. The lowest BCUT2D eigenvalue weighted by atomic mass is 10.1. The third-order valence-electron chi connectivity index (χ3n) is 5.39. The van der Waals surface area contributed by atoms with Crippen LogP contribution in [0.3, 0.4) is 0 Å². The molecule has 2 saturated heterocycles. The van der Waals surface area contributed by atoms with Crippen molar-refractivity contribution < 1.29 is 14.3 Å². The first-order valence-electron chi connectivity index (χ1n) is 9.35. The minimum absolute atomic E-state index is 0.0706. The van der Waals surface area contributed by atoms with Gasteiger partial charge < -0.3 is 19.7 Å². The van der Waals surface area contributed by atoms with E-state index in [1.807, 2.05) is 4.90 Å². The largest absolute Gasteiger partial charge is 0.493 e. The van der Waals surface area contributed by atoms with Crippen molar-refractivity contribution in [3.05, 3.63) is 29.3 Å². The van der Waals surface area contributed by atoms with Gasteiger partial charge in [0.15, 0.2) is 0 Å². The van der Waals surface area contributed by atoms with Gasteiger partial charge in [-0.2, -0.15) is 0 Å². The van der Waals surface area contributed by atoms with Crippen LogP contribution in [0.15, 0.2) is 18.2 Å². The summed E-state index contributed by atoms with van der Waals surface area (Å²) < 4.78 is 10.9. The van der Waals surface area contributed by atoms with Crippen LogP contribution in [0, 0.1) is 5.92 Å². The number of rotatable bonds is 4. The Morgan fingerprint density at radius 3 is 2.88 bits per heavy atom. The predicted molar refractivity (Wildman–Crippen MR) is 94.8 cm³/mol. The van der Waals surface area contributed by atoms with E-state index < -0.39 is 0 Å². The molecular weight excluding hydrogens is 318 g/mol. The average Bonchev–Trinajstić information content (AvgIpc) is 3.31. The summed E-state index contributed by atoms with van der Waals surface area (Å²) in [6.07, 6.45) is 2.07. The van der Waals surface area contributed by atoms with E-state index in [1.165, 1.54) is 11.1 Å². The van der Waals surface area contributed by atoms with Crippen LogP contribution in [0.5, 0.6) is 5.75 Å². The third kappa shape index (κ3) is 4.07. The molecule has 0 spiro atoms. The van der Waals surface area contributed by atoms with Gasteiger partial charge in [-0.15, -0.1) is 0 Å². The molecule has 2 fully saturated rings. The number of carbonyl (C=O) groups is 1. The van der Waals surface area contributed by atoms with Crippen molar-refractivity contribution in [2.45, 2.75) is 19.4 Å². The maximum atomic E-state index is 12.3. The minimum Gasteiger partial charge on any atom is -0.493 e. The van der Waals surface area contributed by atoms with Crippen LogP contribution in [0.2, 0.25) is 0 Å². The lowest BCUT2D eigenvalue weighted by molar-refractivity contribution is 0.134. The quantitative estimate of drug-likeness (QED) is 0.898. The van der Waals surface area contributed by atoms with E-state index >= 15 is 0 Å². The summed E-state index contributed by atoms with van der Waals surface area (Å²) in [5.41, 5.74) is 2.66. The molecule has 1 N–H and O–H groups in total. The number of ether oxygens (including phenoxy) is 2. The van der Waals surface area contributed by atoms with Crippen LogP contribution in [0.1, 0.15) is 17.5 Å². The van der Waals surface area contributed by atoms with Gasteiger partial charge in [-0.25, -0.2) is 4.79 Å². The summed E-state index contributed by atoms with van der Waals surface area (Å²) in [5.74, 6) is 1.52. The van der Waals surface area contributed by atoms with Gasteiger partial charge in [0, 0.05) is 58.2 Å². The van der Waals surface area contributed by atoms with Crippen molar-refractivity contribution in [2.75, 3.05) is 52.5 Å². The summed E-state index contributed by atoms with van der Waals surface area (Å²) in [7, 11) is 0. The molecule has 6 heteroatoms. The Morgan fingerprint density at radius 1 is 1.20 bits per heavy atom. The number of carbonyl (C=O) groups excluding carboxylic acids is 1. The number of benzene rings is 1. The van der Waals surface area contributed by atoms with Gasteiger partial charge in [0.2, 0.25) is 0 Å². The van der Waals surface area contributed by atoms with E-state index in [9.17, 15) is 4.79 Å². The number of piperazine rings is 1. The second kappa shape index (κ2) is 7.62. The highest BCUT2D eigenvalue weighted by atomic mass is 16.5. The first-order valence-corrected chi connectivity index (χ1v) is 9.35. The number of nitrogens with zero attached hydrogens (tertiary/aromatic N) is 2. The molecule has 3 aliphatic heterocycles. The summed E-state index contributed by atoms with van der Waals surface area (Å²) >= 11 is 0. The molecule has 0 unspecified atom stereocenters. The van der Waals surface area contributed by atoms with Crippen molar-refractivity contribution in [3.8, 4) is 5.75 Å². The van der Waals surface area contributed by atoms with Crippen LogP contribution in [-0.4, -0.2) is 68.4 Å². The Kier molecular flexibility index (Phi) is 5.08. The summed E-state index contributed by atoms with van der Waals surface area (Å²) in [6.45, 7) is 7.52. The minimum atomic E-state index is 0.0706. The fourth-order valence-corrected chi connectivity index (χ4v) is 3.79. The predicted octanol–water partition coefficient (Wildman–Crippen LogP) is 1.49. The molecule has 6 nitrogen and oxygen atoms in total. The maximum absolute atomic E-state index is 12.3. The monoisotopic (exact) mass is 345 g/mol. The lowest BCUT2D eigenvalue weighted by Crippen LogP contribution is -2.52. The first-order chi connectivity index (χ1) is 12.3. The molecule has 0 saturated carbocycles. The standard InChI is InChI=1S/C19H27N3O3/c23-19(20-12-16-3-9-24-14-16)22-7-5-21(6-8-22)13-15-1-2-18-17(11-15)4-10-25-18/h1-2,11,16H,3-10,12-14H2,(H,20,23)/t16-/m1/s1. The molecule has 1 aromatic rings. The summed E-state index contributed by atoms with van der Waals surface area (Å²) in [5, 5.41) is 3.06. The molecule has 136 valence electrons. The Balaban J connectivity index is 1.22. The van der Waals surface area contributed by atoms with Crippen molar-refractivity contribution in [3.63, 3.8) is 0 Å². The van der Waals surface area contributed by atoms with Crippen LogP contribution >= 0.6 is 0 Å². The topological polar surface area (TPSA) is 54.0 Å². The number of nitrogens with one attached hydrogen (secondary N) is 1. The first kappa shape index (κ1) is 16.7. The van der Waals surface area contributed by atoms with Gasteiger partial charge in [-0.3, -0.25) is 4.90 Å². The second-order valence-electron chi connectivity index (χ2n) is 7.22. The SMILES string of the molecule is O=C(NC[C@H]1CCOC1)N1CCN(Cc2ccc3c(c2)CCO3)CC1. The molecule has 0 bridgehead atoms. The molecule has 0 aromatic heterocycles. The second-order valence-corrected chi connectivity index (χ2v) is 7.22. The Bertz CT molecular complexity index is 608. The summed E-state index contributed by atoms with van der Waals surface area (Å²) in [4.78, 5) is 16.6. The number of amides is 2. The molecule has 1 aromatic carbocycles. The van der Waals surface area contributed by atoms with E-state index in [-0.39, 0.29) is 6.03 Å². The van der Waals surface area contributed by atoms with Gasteiger partial charge >= 0.3 is 6.03 Å². The highest BCUT2D eigenvalue weighted by Crippen LogP contribution is 2.26. The maximum Gasteiger partial charge on any atom is 0.317 e.